The normalized spacial score (nSPS) is 54.5. The maximum atomic E-state index is 15.5. The summed E-state index contributed by atoms with van der Waals surface area (Å²) in [5.41, 5.74) is -3.55. The maximum absolute atomic E-state index is 15.5. The fraction of sp³-hybridized carbons (Fsp3) is 0.952. The number of rotatable bonds is 21. The molecule has 4 saturated carbocycles. The van der Waals surface area contributed by atoms with E-state index in [9.17, 15) is 117 Å². The second-order valence-corrected chi connectivity index (χ2v) is 29.2. The van der Waals surface area contributed by atoms with E-state index in [4.69, 9.17) is 66.3 Å². The van der Waals surface area contributed by atoms with Crippen molar-refractivity contribution in [3.8, 4) is 0 Å². The standard InChI is InChI=1S/C62H100O38/c1-20-11-61-9-5-28-59(2,7-4-8-60(28,3)58(86)99-56-49(97-54-44(84)39(79)33(73)24(15-66)90-54)47(34(74)25(16-67)91-56)95-52-42(82)37(77)31(71)22(13-64)88-52)29(61)6-10-62(20,19-61)100-57-50(48(35(75)26(17-68)92-57)96-53-43(83)38(78)32(72)23(14-65)89-53)98-55-45(85)40(80)46(27(18-69)93-55)94-51-41(81)36(76)30(70)21(12-63)87-51/h21-57,63-85H,1,4-19H2,2-3H3/t21-,22-,23-,24-,25-,26-,27-,28+,29+,30-,31-,32-,33-,34-,35-,36+,37+,38+,39+,40-,41-,42-,43-,44-,45-,46-,47+,48+,49-,50-,51+,52+,53+,54+,55+,56+,57+,59-,60-,61?,62+/m1/s1. The van der Waals surface area contributed by atoms with Gasteiger partial charge in [-0.1, -0.05) is 19.9 Å². The summed E-state index contributed by atoms with van der Waals surface area (Å²) in [5, 5.41) is 249. The van der Waals surface area contributed by atoms with Gasteiger partial charge in [-0.05, 0) is 86.5 Å². The lowest BCUT2D eigenvalue weighted by molar-refractivity contribution is -0.406. The minimum absolute atomic E-state index is 0.178. The van der Waals surface area contributed by atoms with Crippen LogP contribution in [0.4, 0.5) is 0 Å². The third kappa shape index (κ3) is 14.0. The molecule has 4 aliphatic carbocycles. The quantitative estimate of drug-likeness (QED) is 0.0288. The van der Waals surface area contributed by atoms with Gasteiger partial charge in [0.15, 0.2) is 43.8 Å². The second kappa shape index (κ2) is 31.2. The minimum atomic E-state index is -2.21. The lowest BCUT2D eigenvalue weighted by Crippen LogP contribution is -2.68. The van der Waals surface area contributed by atoms with Crippen molar-refractivity contribution < 1.29 is 189 Å². The molecular formula is C62H100O38. The first-order valence-corrected chi connectivity index (χ1v) is 33.9. The van der Waals surface area contributed by atoms with E-state index < -0.39 is 295 Å². The van der Waals surface area contributed by atoms with Gasteiger partial charge in [0.1, 0.15) is 165 Å². The smallest absolute Gasteiger partial charge is 0.314 e. The van der Waals surface area contributed by atoms with Crippen LogP contribution in [0.25, 0.3) is 0 Å². The van der Waals surface area contributed by atoms with E-state index in [2.05, 4.69) is 13.5 Å². The number of carbonyl (C=O) groups is 1. The van der Waals surface area contributed by atoms with Gasteiger partial charge in [-0.15, -0.1) is 0 Å². The average Bonchev–Trinajstić information content (AvgIpc) is 1.44. The fourth-order valence-electron chi connectivity index (χ4n) is 17.9. The van der Waals surface area contributed by atoms with Crippen LogP contribution in [0.15, 0.2) is 12.2 Å². The molecule has 100 heavy (non-hydrogen) atoms. The van der Waals surface area contributed by atoms with Gasteiger partial charge in [0.05, 0.1) is 57.3 Å². The molecule has 2 bridgehead atoms. The Morgan fingerprint density at radius 3 is 1.14 bits per heavy atom. The Hall–Kier alpha value is -2.23. The Bertz CT molecular complexity index is 2720. The minimum Gasteiger partial charge on any atom is -0.432 e. The Morgan fingerprint density at radius 2 is 0.720 bits per heavy atom. The van der Waals surface area contributed by atoms with Crippen molar-refractivity contribution in [3.63, 3.8) is 0 Å². The molecule has 7 heterocycles. The Balaban J connectivity index is 0.862. The summed E-state index contributed by atoms with van der Waals surface area (Å²) >= 11 is 0. The molecule has 0 aromatic heterocycles. The van der Waals surface area contributed by atoms with E-state index in [-0.39, 0.29) is 25.2 Å². The lowest BCUT2D eigenvalue weighted by Gasteiger charge is -2.64. The Kier molecular flexibility index (Phi) is 24.6. The topological polar surface area (TPSA) is 612 Å². The van der Waals surface area contributed by atoms with Gasteiger partial charge >= 0.3 is 5.97 Å². The fourth-order valence-corrected chi connectivity index (χ4v) is 17.9. The van der Waals surface area contributed by atoms with Crippen molar-refractivity contribution in [1.29, 1.82) is 0 Å². The Morgan fingerprint density at radius 1 is 0.380 bits per heavy atom. The molecule has 11 aliphatic rings. The highest BCUT2D eigenvalue weighted by molar-refractivity contribution is 5.77. The summed E-state index contributed by atoms with van der Waals surface area (Å²) in [4.78, 5) is 15.5. The predicted molar refractivity (Wildman–Crippen MR) is 317 cm³/mol. The third-order valence-corrected chi connectivity index (χ3v) is 23.4. The molecule has 11 rings (SSSR count). The first kappa shape index (κ1) is 78.8. The van der Waals surface area contributed by atoms with Crippen LogP contribution in [0.3, 0.4) is 0 Å². The molecule has 1 unspecified atom stereocenters. The van der Waals surface area contributed by atoms with Crippen molar-refractivity contribution in [2.24, 2.45) is 28.1 Å². The van der Waals surface area contributed by atoms with Crippen LogP contribution in [0.1, 0.15) is 71.6 Å². The van der Waals surface area contributed by atoms with Crippen molar-refractivity contribution in [2.45, 2.75) is 292 Å². The molecule has 0 amide bonds. The van der Waals surface area contributed by atoms with Crippen LogP contribution in [0.2, 0.25) is 0 Å². The van der Waals surface area contributed by atoms with E-state index in [0.29, 0.717) is 44.1 Å². The SMILES string of the molecule is C=C1CC23CC[C@H]4[C@@](C)(CCC[C@@]4(C)C(=O)O[C@@H]4O[C@H](CO)[C@@H](O)[C@H](O[C@@H]5O[C@H](CO)[C@@H](O)[C@H](O)[C@H]5O)[C@H]4O[C@@H]4O[C@H](CO)[C@@H](O)[C@H](O)[C@H]4O)[C@@H]2CC[C@]1(O[C@@H]1O[C@H](CO)[C@@H](O)[C@H](O[C@@H]2O[C@H](CO)[C@@H](O)[C@H](O)[C@H]2O)[C@H]1O[C@@H]1O[C@H](CO)[C@@H](O[C@@H]2O[C@H](CO)[C@@H](O)[C@H](O)[C@H]2O)[C@H](O)[C@H]1O)C3. The van der Waals surface area contributed by atoms with E-state index in [0.717, 1.165) is 0 Å². The number of hydrogen-bond acceptors (Lipinski definition) is 38. The molecule has 1 spiro atoms. The summed E-state index contributed by atoms with van der Waals surface area (Å²) < 4.78 is 84.9. The number of fused-ring (bicyclic) bond motifs is 3. The summed E-state index contributed by atoms with van der Waals surface area (Å²) in [5.74, 6) is -1.57. The molecule has 7 saturated heterocycles. The van der Waals surface area contributed by atoms with E-state index >= 15 is 4.79 Å². The molecule has 7 aliphatic heterocycles. The highest BCUT2D eigenvalue weighted by Gasteiger charge is 2.70. The van der Waals surface area contributed by atoms with Crippen LogP contribution >= 0.6 is 0 Å². The largest absolute Gasteiger partial charge is 0.432 e. The zero-order valence-corrected chi connectivity index (χ0v) is 54.8. The lowest BCUT2D eigenvalue weighted by atomic mass is 9.41. The van der Waals surface area contributed by atoms with Gasteiger partial charge in [-0.2, -0.15) is 0 Å². The molecule has 38 heteroatoms. The van der Waals surface area contributed by atoms with Gasteiger partial charge in [-0.3, -0.25) is 4.79 Å². The summed E-state index contributed by atoms with van der Waals surface area (Å²) in [6, 6.07) is 0. The van der Waals surface area contributed by atoms with Crippen molar-refractivity contribution >= 4 is 5.97 Å². The van der Waals surface area contributed by atoms with Crippen LogP contribution < -0.4 is 0 Å². The molecule has 11 fully saturated rings. The molecule has 38 nitrogen and oxygen atoms in total. The van der Waals surface area contributed by atoms with Gasteiger partial charge in [0, 0.05) is 0 Å². The van der Waals surface area contributed by atoms with E-state index in [1.807, 2.05) is 0 Å². The third-order valence-electron chi connectivity index (χ3n) is 23.4. The first-order valence-electron chi connectivity index (χ1n) is 33.9. The first-order chi connectivity index (χ1) is 47.3. The molecule has 0 aromatic carbocycles. The molecule has 576 valence electrons. The number of hydrogen-bond donors (Lipinski definition) is 23. The number of esters is 1. The molecule has 41 atom stereocenters. The van der Waals surface area contributed by atoms with Crippen molar-refractivity contribution in [2.75, 3.05) is 46.2 Å². The molecule has 0 aromatic rings. The van der Waals surface area contributed by atoms with Gasteiger partial charge in [0.25, 0.3) is 0 Å². The maximum Gasteiger partial charge on any atom is 0.314 e. The van der Waals surface area contributed by atoms with Crippen LogP contribution in [0.5, 0.6) is 0 Å². The number of ether oxygens (including phenoxy) is 14. The predicted octanol–water partition coefficient (Wildman–Crippen LogP) is -11.6. The highest BCUT2D eigenvalue weighted by Crippen LogP contribution is 2.74. The van der Waals surface area contributed by atoms with Gasteiger partial charge in [0.2, 0.25) is 6.29 Å². The van der Waals surface area contributed by atoms with Crippen molar-refractivity contribution in [3.05, 3.63) is 12.2 Å². The summed E-state index contributed by atoms with van der Waals surface area (Å²) in [7, 11) is 0. The molecule has 23 N–H and O–H groups in total. The van der Waals surface area contributed by atoms with Gasteiger partial charge in [-0.25, -0.2) is 0 Å². The molecular weight excluding hydrogens is 1350 g/mol. The number of carbonyl (C=O) groups excluding carboxylic acids is 1. The Labute approximate surface area is 571 Å². The number of aliphatic hydroxyl groups excluding tert-OH is 23. The van der Waals surface area contributed by atoms with E-state index in [1.54, 1.807) is 6.92 Å². The monoisotopic (exact) mass is 1450 g/mol. The highest BCUT2D eigenvalue weighted by atomic mass is 16.8. The summed E-state index contributed by atoms with van der Waals surface area (Å²) in [6.45, 7) is 1.81. The summed E-state index contributed by atoms with van der Waals surface area (Å²) in [6.07, 6.45) is -63.5. The average molecular weight is 1450 g/mol. The zero-order valence-electron chi connectivity index (χ0n) is 54.8. The van der Waals surface area contributed by atoms with Crippen molar-refractivity contribution in [1.82, 2.24) is 0 Å². The van der Waals surface area contributed by atoms with Crippen LogP contribution in [-0.4, -0.2) is 390 Å². The van der Waals surface area contributed by atoms with E-state index in [1.165, 1.54) is 0 Å². The van der Waals surface area contributed by atoms with Gasteiger partial charge < -0.3 is 184 Å². The number of aliphatic hydroxyl groups is 23. The zero-order chi connectivity index (χ0) is 72.7. The second-order valence-electron chi connectivity index (χ2n) is 29.2. The molecule has 0 radical (unpaired) electrons. The van der Waals surface area contributed by atoms with Crippen LogP contribution in [-0.2, 0) is 71.1 Å². The van der Waals surface area contributed by atoms with Crippen LogP contribution in [0, 0.1) is 28.1 Å².